The fourth-order valence-electron chi connectivity index (χ4n) is 4.06. The number of benzene rings is 1. The summed E-state index contributed by atoms with van der Waals surface area (Å²) in [4.78, 5) is 12.7. The molecular formula is C20H22FNO3. The van der Waals surface area contributed by atoms with E-state index in [0.29, 0.717) is 23.3 Å². The Morgan fingerprint density at radius 1 is 1.16 bits per heavy atom. The van der Waals surface area contributed by atoms with Crippen LogP contribution in [0.4, 0.5) is 10.1 Å². The molecule has 4 nitrogen and oxygen atoms in total. The summed E-state index contributed by atoms with van der Waals surface area (Å²) < 4.78 is 19.3. The van der Waals surface area contributed by atoms with Crippen molar-refractivity contribution < 1.29 is 13.9 Å². The predicted octanol–water partition coefficient (Wildman–Crippen LogP) is 4.80. The zero-order valence-corrected chi connectivity index (χ0v) is 14.4. The lowest BCUT2D eigenvalue weighted by molar-refractivity contribution is -0.123. The lowest BCUT2D eigenvalue weighted by Gasteiger charge is -2.36. The zero-order valence-electron chi connectivity index (χ0n) is 14.4. The van der Waals surface area contributed by atoms with E-state index in [1.165, 1.54) is 12.1 Å². The number of ether oxygens (including phenoxy) is 1. The normalized spacial score (nSPS) is 26.0. The van der Waals surface area contributed by atoms with Gasteiger partial charge in [-0.1, -0.05) is 0 Å². The van der Waals surface area contributed by atoms with Crippen molar-refractivity contribution in [3.63, 3.8) is 0 Å². The van der Waals surface area contributed by atoms with Crippen LogP contribution in [-0.2, 0) is 4.79 Å². The van der Waals surface area contributed by atoms with Crippen molar-refractivity contribution >= 4 is 11.6 Å². The lowest BCUT2D eigenvalue weighted by atomic mass is 9.94. The van der Waals surface area contributed by atoms with Gasteiger partial charge in [0.25, 0.3) is 0 Å². The van der Waals surface area contributed by atoms with E-state index in [2.05, 4.69) is 0 Å². The molecule has 1 amide bonds. The number of nitrogens with zero attached hydrogens (tertiary/aromatic N) is 1. The summed E-state index contributed by atoms with van der Waals surface area (Å²) in [5.74, 6) is 0.191. The molecule has 0 saturated heterocycles. The van der Waals surface area contributed by atoms with Crippen LogP contribution in [0.3, 0.4) is 0 Å². The van der Waals surface area contributed by atoms with E-state index in [1.807, 2.05) is 6.08 Å². The second-order valence-corrected chi connectivity index (χ2v) is 7.23. The molecule has 0 N–H and O–H groups in total. The number of carbonyl (C=O) groups excluding carboxylic acids is 1. The minimum absolute atomic E-state index is 0.0380. The van der Waals surface area contributed by atoms with E-state index in [-0.39, 0.29) is 12.2 Å². The van der Waals surface area contributed by atoms with Crippen molar-refractivity contribution in [1.29, 1.82) is 0 Å². The van der Waals surface area contributed by atoms with Crippen LogP contribution in [0.5, 0.6) is 5.75 Å². The zero-order chi connectivity index (χ0) is 17.6. The van der Waals surface area contributed by atoms with E-state index < -0.39 is 16.4 Å². The summed E-state index contributed by atoms with van der Waals surface area (Å²) in [7, 11) is 0. The van der Waals surface area contributed by atoms with Gasteiger partial charge in [-0.15, -0.1) is 0 Å². The number of hydrogen-bond acceptors (Lipinski definition) is 3. The van der Waals surface area contributed by atoms with Crippen molar-refractivity contribution in [2.45, 2.75) is 51.9 Å². The van der Waals surface area contributed by atoms with Crippen LogP contribution in [0.1, 0.15) is 50.5 Å². The molecule has 1 aromatic rings. The van der Waals surface area contributed by atoms with Crippen molar-refractivity contribution in [2.75, 3.05) is 6.54 Å². The Morgan fingerprint density at radius 3 is 2.68 bits per heavy atom. The molecule has 1 heterocycles. The third kappa shape index (κ3) is 2.71. The summed E-state index contributed by atoms with van der Waals surface area (Å²) in [6.07, 6.45) is 8.20. The first-order valence-electron chi connectivity index (χ1n) is 9.01. The van der Waals surface area contributed by atoms with Crippen LogP contribution in [0.2, 0.25) is 0 Å². The van der Waals surface area contributed by atoms with E-state index in [4.69, 9.17) is 4.74 Å². The maximum atomic E-state index is 14.6. The standard InChI is InChI=1S/C20H22FNO3/c1-13-10-17(21)18(11-19(13)25-15-7-3-4-8-15)22(24)12-14-6-2-5-9-16(14)20(22)23/h7,10-11H,2-6,8-9,12H2,1H3. The maximum Gasteiger partial charge on any atom is 0.347 e. The van der Waals surface area contributed by atoms with Gasteiger partial charge in [0.05, 0.1) is 5.57 Å². The SMILES string of the molecule is Cc1cc(F)c([N+]2([O-])CC3=C(CCCC3)C2=O)cc1OC1=CCCC1. The van der Waals surface area contributed by atoms with Gasteiger partial charge < -0.3 is 9.94 Å². The predicted molar refractivity (Wildman–Crippen MR) is 94.2 cm³/mol. The number of aryl methyl sites for hydroxylation is 1. The molecule has 0 aromatic heterocycles. The third-order valence-electron chi connectivity index (χ3n) is 5.46. The fourth-order valence-corrected chi connectivity index (χ4v) is 4.06. The summed E-state index contributed by atoms with van der Waals surface area (Å²) in [6, 6.07) is 2.75. The van der Waals surface area contributed by atoms with Gasteiger partial charge in [0.2, 0.25) is 0 Å². The van der Waals surface area contributed by atoms with Crippen molar-refractivity contribution in [3.8, 4) is 5.75 Å². The maximum absolute atomic E-state index is 14.6. The Balaban J connectivity index is 1.71. The van der Waals surface area contributed by atoms with Crippen molar-refractivity contribution in [2.24, 2.45) is 0 Å². The first-order chi connectivity index (χ1) is 12.0. The average Bonchev–Trinajstić information content (AvgIpc) is 3.18. The number of hydrogen-bond donors (Lipinski definition) is 0. The van der Waals surface area contributed by atoms with Crippen molar-refractivity contribution in [1.82, 2.24) is 4.65 Å². The lowest BCUT2D eigenvalue weighted by Crippen LogP contribution is -2.46. The van der Waals surface area contributed by atoms with Crippen LogP contribution < -0.4 is 9.38 Å². The van der Waals surface area contributed by atoms with Crippen LogP contribution >= 0.6 is 0 Å². The second kappa shape index (κ2) is 6.07. The Kier molecular flexibility index (Phi) is 4.01. The molecule has 0 bridgehead atoms. The number of carbonyl (C=O) groups is 1. The smallest absolute Gasteiger partial charge is 0.347 e. The number of halogens is 1. The number of hydroxylamine groups is 2. The molecule has 25 heavy (non-hydrogen) atoms. The molecule has 4 rings (SSSR count). The Morgan fingerprint density at radius 2 is 1.96 bits per heavy atom. The summed E-state index contributed by atoms with van der Waals surface area (Å²) in [6.45, 7) is 1.79. The Labute approximate surface area is 146 Å². The van der Waals surface area contributed by atoms with Crippen LogP contribution in [0, 0.1) is 17.9 Å². The van der Waals surface area contributed by atoms with E-state index >= 15 is 0 Å². The molecule has 0 spiro atoms. The average molecular weight is 343 g/mol. The van der Waals surface area contributed by atoms with Gasteiger partial charge >= 0.3 is 5.91 Å². The van der Waals surface area contributed by atoms with Gasteiger partial charge in [0.15, 0.2) is 11.5 Å². The highest BCUT2D eigenvalue weighted by molar-refractivity contribution is 6.06. The Bertz CT molecular complexity index is 811. The highest BCUT2D eigenvalue weighted by Crippen LogP contribution is 2.42. The summed E-state index contributed by atoms with van der Waals surface area (Å²) in [5.41, 5.74) is 2.04. The third-order valence-corrected chi connectivity index (χ3v) is 5.46. The molecule has 2 aliphatic carbocycles. The number of allylic oxidation sites excluding steroid dienone is 2. The molecule has 0 saturated carbocycles. The highest BCUT2D eigenvalue weighted by atomic mass is 19.1. The molecule has 132 valence electrons. The minimum atomic E-state index is -1.24. The molecule has 0 fully saturated rings. The molecule has 3 aliphatic rings. The number of amides is 1. The molecule has 5 heteroatoms. The van der Waals surface area contributed by atoms with E-state index in [0.717, 1.165) is 49.9 Å². The quantitative estimate of drug-likeness (QED) is 0.585. The molecule has 1 aromatic carbocycles. The summed E-state index contributed by atoms with van der Waals surface area (Å²) in [5, 5.41) is 13.4. The van der Waals surface area contributed by atoms with Gasteiger partial charge in [0, 0.05) is 12.5 Å². The largest absolute Gasteiger partial charge is 0.619 e. The van der Waals surface area contributed by atoms with Gasteiger partial charge in [-0.05, 0) is 68.7 Å². The number of quaternary nitrogens is 1. The van der Waals surface area contributed by atoms with Crippen LogP contribution in [0.15, 0.2) is 35.1 Å². The first kappa shape index (κ1) is 16.5. The van der Waals surface area contributed by atoms with Crippen LogP contribution in [0.25, 0.3) is 0 Å². The fraction of sp³-hybridized carbons (Fsp3) is 0.450. The second-order valence-electron chi connectivity index (χ2n) is 7.23. The van der Waals surface area contributed by atoms with Gasteiger partial charge in [-0.3, -0.25) is 4.65 Å². The number of rotatable bonds is 3. The molecule has 1 unspecified atom stereocenters. The molecule has 1 atom stereocenters. The summed E-state index contributed by atoms with van der Waals surface area (Å²) >= 11 is 0. The van der Waals surface area contributed by atoms with Crippen LogP contribution in [-0.4, -0.2) is 12.5 Å². The minimum Gasteiger partial charge on any atom is -0.619 e. The van der Waals surface area contributed by atoms with E-state index in [9.17, 15) is 14.4 Å². The molecular weight excluding hydrogens is 321 g/mol. The van der Waals surface area contributed by atoms with Gasteiger partial charge in [0.1, 0.15) is 18.1 Å². The van der Waals surface area contributed by atoms with Crippen molar-refractivity contribution in [3.05, 3.63) is 51.7 Å². The Hall–Kier alpha value is -1.98. The van der Waals surface area contributed by atoms with Gasteiger partial charge in [-0.2, -0.15) is 0 Å². The molecule has 1 aliphatic heterocycles. The first-order valence-corrected chi connectivity index (χ1v) is 9.01. The topological polar surface area (TPSA) is 49.4 Å². The van der Waals surface area contributed by atoms with Gasteiger partial charge in [-0.25, -0.2) is 9.18 Å². The molecule has 0 radical (unpaired) electrons. The monoisotopic (exact) mass is 343 g/mol. The highest BCUT2D eigenvalue weighted by Gasteiger charge is 2.44. The van der Waals surface area contributed by atoms with E-state index in [1.54, 1.807) is 6.92 Å².